The second-order valence-electron chi connectivity index (χ2n) is 6.03. The lowest BCUT2D eigenvalue weighted by Crippen LogP contribution is -2.61. The highest BCUT2D eigenvalue weighted by Crippen LogP contribution is 2.33. The van der Waals surface area contributed by atoms with Gasteiger partial charge in [0.1, 0.15) is 0 Å². The lowest BCUT2D eigenvalue weighted by Gasteiger charge is -2.43. The molecule has 3 N–H and O–H groups in total. The number of rotatable bonds is 4. The minimum atomic E-state index is -0.808. The SMILES string of the molecule is CC(C)(N)C(=O)NCC1(N2CCOCC2)CCSC1. The zero-order chi connectivity index (χ0) is 13.9. The first kappa shape index (κ1) is 15.1. The molecule has 0 aromatic heterocycles. The first-order valence-electron chi connectivity index (χ1n) is 6.92. The van der Waals surface area contributed by atoms with Crippen LogP contribution in [-0.4, -0.2) is 66.2 Å². The van der Waals surface area contributed by atoms with E-state index in [1.807, 2.05) is 11.8 Å². The van der Waals surface area contributed by atoms with Crippen molar-refractivity contribution in [2.75, 3.05) is 44.4 Å². The Morgan fingerprint density at radius 3 is 2.68 bits per heavy atom. The Morgan fingerprint density at radius 2 is 2.16 bits per heavy atom. The number of thioether (sulfide) groups is 1. The average molecular weight is 287 g/mol. The lowest BCUT2D eigenvalue weighted by atomic mass is 9.95. The second-order valence-corrected chi connectivity index (χ2v) is 7.14. The van der Waals surface area contributed by atoms with Crippen molar-refractivity contribution in [3.05, 3.63) is 0 Å². The third-order valence-corrected chi connectivity index (χ3v) is 5.16. The van der Waals surface area contributed by atoms with E-state index in [4.69, 9.17) is 10.5 Å². The molecule has 0 bridgehead atoms. The fourth-order valence-corrected chi connectivity index (χ4v) is 4.08. The van der Waals surface area contributed by atoms with Crippen LogP contribution in [0.25, 0.3) is 0 Å². The maximum atomic E-state index is 12.0. The average Bonchev–Trinajstić information content (AvgIpc) is 2.86. The van der Waals surface area contributed by atoms with Crippen molar-refractivity contribution in [1.29, 1.82) is 0 Å². The van der Waals surface area contributed by atoms with Crippen LogP contribution in [0, 0.1) is 0 Å². The van der Waals surface area contributed by atoms with E-state index in [9.17, 15) is 4.79 Å². The Bertz CT molecular complexity index is 318. The third-order valence-electron chi connectivity index (χ3n) is 3.93. The molecule has 0 aromatic carbocycles. The normalized spacial score (nSPS) is 29.4. The maximum absolute atomic E-state index is 12.0. The summed E-state index contributed by atoms with van der Waals surface area (Å²) in [6.07, 6.45) is 1.13. The van der Waals surface area contributed by atoms with Gasteiger partial charge in [-0.3, -0.25) is 9.69 Å². The molecule has 6 heteroatoms. The molecule has 19 heavy (non-hydrogen) atoms. The molecule has 1 atom stereocenters. The fraction of sp³-hybridized carbons (Fsp3) is 0.923. The van der Waals surface area contributed by atoms with Crippen molar-refractivity contribution in [2.24, 2.45) is 5.73 Å². The van der Waals surface area contributed by atoms with Crippen molar-refractivity contribution in [2.45, 2.75) is 31.3 Å². The van der Waals surface area contributed by atoms with Gasteiger partial charge < -0.3 is 15.8 Å². The van der Waals surface area contributed by atoms with E-state index in [2.05, 4.69) is 10.2 Å². The summed E-state index contributed by atoms with van der Waals surface area (Å²) < 4.78 is 5.43. The van der Waals surface area contributed by atoms with Crippen LogP contribution < -0.4 is 11.1 Å². The molecule has 2 aliphatic rings. The quantitative estimate of drug-likeness (QED) is 0.765. The molecule has 1 amide bonds. The number of morpholine rings is 1. The Balaban J connectivity index is 1.97. The molecule has 110 valence electrons. The molecule has 2 saturated heterocycles. The molecule has 0 saturated carbocycles. The van der Waals surface area contributed by atoms with E-state index in [-0.39, 0.29) is 11.4 Å². The van der Waals surface area contributed by atoms with Crippen LogP contribution in [0.4, 0.5) is 0 Å². The van der Waals surface area contributed by atoms with Crippen molar-refractivity contribution in [3.8, 4) is 0 Å². The molecule has 0 radical (unpaired) electrons. The zero-order valence-electron chi connectivity index (χ0n) is 11.9. The minimum absolute atomic E-state index is 0.0722. The summed E-state index contributed by atoms with van der Waals surface area (Å²) in [5.41, 5.74) is 5.12. The Hall–Kier alpha value is -0.300. The predicted octanol–water partition coefficient (Wildman–Crippen LogP) is 0.0478. The molecule has 0 spiro atoms. The van der Waals surface area contributed by atoms with Gasteiger partial charge in [-0.25, -0.2) is 0 Å². The summed E-state index contributed by atoms with van der Waals surface area (Å²) in [7, 11) is 0. The summed E-state index contributed by atoms with van der Waals surface area (Å²) in [5.74, 6) is 2.18. The molecule has 5 nitrogen and oxygen atoms in total. The number of nitrogens with two attached hydrogens (primary N) is 1. The highest BCUT2D eigenvalue weighted by molar-refractivity contribution is 7.99. The van der Waals surface area contributed by atoms with Gasteiger partial charge in [-0.1, -0.05) is 0 Å². The van der Waals surface area contributed by atoms with Crippen molar-refractivity contribution in [3.63, 3.8) is 0 Å². The second kappa shape index (κ2) is 5.99. The Morgan fingerprint density at radius 1 is 1.47 bits per heavy atom. The summed E-state index contributed by atoms with van der Waals surface area (Å²) in [6, 6.07) is 0. The van der Waals surface area contributed by atoms with Crippen LogP contribution in [-0.2, 0) is 9.53 Å². The molecule has 0 aliphatic carbocycles. The van der Waals surface area contributed by atoms with E-state index in [1.165, 1.54) is 5.75 Å². The van der Waals surface area contributed by atoms with Gasteiger partial charge in [0, 0.05) is 30.9 Å². The van der Waals surface area contributed by atoms with E-state index in [0.717, 1.165) is 38.5 Å². The number of carbonyl (C=O) groups is 1. The number of ether oxygens (including phenoxy) is 1. The van der Waals surface area contributed by atoms with Gasteiger partial charge >= 0.3 is 0 Å². The lowest BCUT2D eigenvalue weighted by molar-refractivity contribution is -0.126. The largest absolute Gasteiger partial charge is 0.379 e. The van der Waals surface area contributed by atoms with Gasteiger partial charge in [0.2, 0.25) is 5.91 Å². The van der Waals surface area contributed by atoms with Gasteiger partial charge in [-0.05, 0) is 26.0 Å². The van der Waals surface area contributed by atoms with Crippen LogP contribution in [0.15, 0.2) is 0 Å². The third kappa shape index (κ3) is 3.62. The van der Waals surface area contributed by atoms with Crippen LogP contribution >= 0.6 is 11.8 Å². The summed E-state index contributed by atoms with van der Waals surface area (Å²) in [6.45, 7) is 7.69. The Kier molecular flexibility index (Phi) is 4.76. The molecule has 1 unspecified atom stereocenters. The molecule has 2 fully saturated rings. The van der Waals surface area contributed by atoms with E-state index >= 15 is 0 Å². The minimum Gasteiger partial charge on any atom is -0.379 e. The highest BCUT2D eigenvalue weighted by atomic mass is 32.2. The monoisotopic (exact) mass is 287 g/mol. The number of hydrogen-bond donors (Lipinski definition) is 2. The number of nitrogens with zero attached hydrogens (tertiary/aromatic N) is 1. The van der Waals surface area contributed by atoms with Gasteiger partial charge in [-0.15, -0.1) is 0 Å². The first-order chi connectivity index (χ1) is 8.94. The van der Waals surface area contributed by atoms with Crippen molar-refractivity contribution >= 4 is 17.7 Å². The van der Waals surface area contributed by atoms with E-state index in [0.29, 0.717) is 6.54 Å². The van der Waals surface area contributed by atoms with Crippen LogP contribution in [0.3, 0.4) is 0 Å². The zero-order valence-corrected chi connectivity index (χ0v) is 12.7. The summed E-state index contributed by atoms with van der Waals surface area (Å²) >= 11 is 1.97. The highest BCUT2D eigenvalue weighted by Gasteiger charge is 2.41. The maximum Gasteiger partial charge on any atom is 0.239 e. The van der Waals surface area contributed by atoms with Gasteiger partial charge in [0.05, 0.1) is 18.8 Å². The van der Waals surface area contributed by atoms with E-state index in [1.54, 1.807) is 13.8 Å². The van der Waals surface area contributed by atoms with Gasteiger partial charge in [-0.2, -0.15) is 11.8 Å². The summed E-state index contributed by atoms with van der Waals surface area (Å²) in [5, 5.41) is 3.04. The van der Waals surface area contributed by atoms with Crippen molar-refractivity contribution < 1.29 is 9.53 Å². The van der Waals surface area contributed by atoms with Crippen LogP contribution in [0.5, 0.6) is 0 Å². The van der Waals surface area contributed by atoms with Crippen LogP contribution in [0.1, 0.15) is 20.3 Å². The smallest absolute Gasteiger partial charge is 0.239 e. The molecule has 2 aliphatic heterocycles. The molecule has 2 heterocycles. The fourth-order valence-electron chi connectivity index (χ4n) is 2.61. The standard InChI is InChI=1S/C13H25N3O2S/c1-12(2,14)11(17)15-9-13(3-8-19-10-13)16-4-6-18-7-5-16/h3-10,14H2,1-2H3,(H,15,17). The number of amides is 1. The topological polar surface area (TPSA) is 67.6 Å². The van der Waals surface area contributed by atoms with Crippen molar-refractivity contribution in [1.82, 2.24) is 10.2 Å². The number of hydrogen-bond acceptors (Lipinski definition) is 5. The molecule has 2 rings (SSSR count). The number of carbonyl (C=O) groups excluding carboxylic acids is 1. The van der Waals surface area contributed by atoms with Crippen LogP contribution in [0.2, 0.25) is 0 Å². The molecular formula is C13H25N3O2S. The number of nitrogens with one attached hydrogen (secondary N) is 1. The predicted molar refractivity (Wildman–Crippen MR) is 78.3 cm³/mol. The van der Waals surface area contributed by atoms with E-state index < -0.39 is 5.54 Å². The summed E-state index contributed by atoms with van der Waals surface area (Å²) in [4.78, 5) is 14.4. The Labute approximate surface area is 119 Å². The van der Waals surface area contributed by atoms with Gasteiger partial charge in [0.15, 0.2) is 0 Å². The molecular weight excluding hydrogens is 262 g/mol. The first-order valence-corrected chi connectivity index (χ1v) is 8.07. The van der Waals surface area contributed by atoms with Gasteiger partial charge in [0.25, 0.3) is 0 Å². The molecule has 0 aromatic rings.